The van der Waals surface area contributed by atoms with E-state index in [1.807, 2.05) is 13.8 Å². The van der Waals surface area contributed by atoms with E-state index in [0.29, 0.717) is 10.8 Å². The van der Waals surface area contributed by atoms with Crippen molar-refractivity contribution in [3.8, 4) is 0 Å². The normalized spacial score (nSPS) is 17.3. The van der Waals surface area contributed by atoms with Crippen LogP contribution in [-0.2, 0) is 4.74 Å². The van der Waals surface area contributed by atoms with Gasteiger partial charge in [0.1, 0.15) is 16.0 Å². The molecule has 1 aromatic rings. The molecule has 2 N–H and O–H groups in total. The fourth-order valence-corrected chi connectivity index (χ4v) is 2.72. The van der Waals surface area contributed by atoms with Gasteiger partial charge in [-0.3, -0.25) is 4.79 Å². The van der Waals surface area contributed by atoms with Crippen LogP contribution in [0, 0.1) is 12.8 Å². The third-order valence-electron chi connectivity index (χ3n) is 3.14. The highest BCUT2D eigenvalue weighted by Gasteiger charge is 2.21. The lowest BCUT2D eigenvalue weighted by atomic mass is 10.0. The highest BCUT2D eigenvalue weighted by atomic mass is 32.1. The van der Waals surface area contributed by atoms with Crippen LogP contribution in [0.3, 0.4) is 0 Å². The summed E-state index contributed by atoms with van der Waals surface area (Å²) < 4.78 is 5.22. The summed E-state index contributed by atoms with van der Waals surface area (Å²) in [6, 6.07) is 0. The first-order chi connectivity index (χ1) is 8.61. The molecule has 5 nitrogen and oxygen atoms in total. The van der Waals surface area contributed by atoms with Gasteiger partial charge in [-0.1, -0.05) is 0 Å². The first-order valence-corrected chi connectivity index (χ1v) is 6.92. The summed E-state index contributed by atoms with van der Waals surface area (Å²) in [4.78, 5) is 17.1. The van der Waals surface area contributed by atoms with Gasteiger partial charge in [0.2, 0.25) is 0 Å². The molecule has 1 amide bonds. The van der Waals surface area contributed by atoms with Gasteiger partial charge in [0.05, 0.1) is 5.69 Å². The number of nitrogens with one attached hydrogen (secondary N) is 2. The summed E-state index contributed by atoms with van der Waals surface area (Å²) in [5.74, 6) is 0.547. The minimum absolute atomic E-state index is 0.0218. The number of carbonyl (C=O) groups excluding carboxylic acids is 1. The van der Waals surface area contributed by atoms with Crippen LogP contribution in [0.1, 0.15) is 33.4 Å². The van der Waals surface area contributed by atoms with E-state index in [1.54, 1.807) is 7.11 Å². The molecule has 0 aliphatic carbocycles. The van der Waals surface area contributed by atoms with Gasteiger partial charge in [-0.05, 0) is 13.8 Å². The van der Waals surface area contributed by atoms with Crippen molar-refractivity contribution in [1.29, 1.82) is 0 Å². The second kappa shape index (κ2) is 5.77. The zero-order valence-electron chi connectivity index (χ0n) is 10.9. The van der Waals surface area contributed by atoms with Crippen molar-refractivity contribution < 1.29 is 9.53 Å². The molecule has 18 heavy (non-hydrogen) atoms. The van der Waals surface area contributed by atoms with Gasteiger partial charge in [-0.2, -0.15) is 0 Å². The lowest BCUT2D eigenvalue weighted by molar-refractivity contribution is 0.0945. The molecule has 1 atom stereocenters. The monoisotopic (exact) mass is 269 g/mol. The Morgan fingerprint density at radius 2 is 2.39 bits per heavy atom. The molecule has 1 aliphatic heterocycles. The Morgan fingerprint density at radius 1 is 1.67 bits per heavy atom. The van der Waals surface area contributed by atoms with Crippen molar-refractivity contribution in [3.63, 3.8) is 0 Å². The average molecular weight is 269 g/mol. The lowest BCUT2D eigenvalue weighted by Crippen LogP contribution is -2.48. The van der Waals surface area contributed by atoms with E-state index in [9.17, 15) is 4.79 Å². The van der Waals surface area contributed by atoms with Gasteiger partial charge in [0, 0.05) is 32.7 Å². The fourth-order valence-electron chi connectivity index (χ4n) is 1.71. The predicted octanol–water partition coefficient (Wildman–Crippen LogP) is 1.11. The molecule has 6 heteroatoms. The Balaban J connectivity index is 1.98. The molecule has 1 aromatic heterocycles. The van der Waals surface area contributed by atoms with Crippen molar-refractivity contribution in [1.82, 2.24) is 15.6 Å². The standard InChI is InChI=1S/C12H19N3O2S/c1-7-10(18-12(15-7)8(2)17-3)11(16)14-6-9-4-13-5-9/h8-9,13H,4-6H2,1-3H3,(H,14,16). The summed E-state index contributed by atoms with van der Waals surface area (Å²) in [6.07, 6.45) is -0.0638. The van der Waals surface area contributed by atoms with Gasteiger partial charge >= 0.3 is 0 Å². The number of rotatable bonds is 5. The number of thiazole rings is 1. The molecular formula is C12H19N3O2S. The van der Waals surface area contributed by atoms with E-state index >= 15 is 0 Å². The maximum Gasteiger partial charge on any atom is 0.263 e. The summed E-state index contributed by atoms with van der Waals surface area (Å²) in [5, 5.41) is 7.00. The molecule has 0 bridgehead atoms. The van der Waals surface area contributed by atoms with Gasteiger partial charge in [0.15, 0.2) is 0 Å². The predicted molar refractivity (Wildman–Crippen MR) is 71.0 cm³/mol. The fraction of sp³-hybridized carbons (Fsp3) is 0.667. The SMILES string of the molecule is COC(C)c1nc(C)c(C(=O)NCC2CNC2)s1. The molecule has 1 fully saturated rings. The molecule has 0 aromatic carbocycles. The number of nitrogens with zero attached hydrogens (tertiary/aromatic N) is 1. The molecule has 1 unspecified atom stereocenters. The Morgan fingerprint density at radius 3 is 2.94 bits per heavy atom. The Labute approximate surface area is 111 Å². The van der Waals surface area contributed by atoms with Crippen molar-refractivity contribution in [2.75, 3.05) is 26.7 Å². The summed E-state index contributed by atoms with van der Waals surface area (Å²) >= 11 is 1.41. The highest BCUT2D eigenvalue weighted by molar-refractivity contribution is 7.13. The molecule has 0 radical (unpaired) electrons. The largest absolute Gasteiger partial charge is 0.375 e. The molecule has 0 saturated carbocycles. The van der Waals surface area contributed by atoms with Crippen molar-refractivity contribution in [2.45, 2.75) is 20.0 Å². The third kappa shape index (κ3) is 2.88. The maximum atomic E-state index is 12.0. The van der Waals surface area contributed by atoms with E-state index in [2.05, 4.69) is 15.6 Å². The highest BCUT2D eigenvalue weighted by Crippen LogP contribution is 2.25. The topological polar surface area (TPSA) is 63.2 Å². The van der Waals surface area contributed by atoms with Crippen molar-refractivity contribution >= 4 is 17.2 Å². The zero-order chi connectivity index (χ0) is 13.1. The number of aromatic nitrogens is 1. The van der Waals surface area contributed by atoms with Crippen molar-refractivity contribution in [2.24, 2.45) is 5.92 Å². The number of methoxy groups -OCH3 is 1. The molecular weight excluding hydrogens is 250 g/mol. The summed E-state index contributed by atoms with van der Waals surface area (Å²) in [7, 11) is 1.64. The quantitative estimate of drug-likeness (QED) is 0.840. The van der Waals surface area contributed by atoms with Gasteiger partial charge < -0.3 is 15.4 Å². The van der Waals surface area contributed by atoms with Crippen LogP contribution in [-0.4, -0.2) is 37.6 Å². The van der Waals surface area contributed by atoms with E-state index in [1.165, 1.54) is 11.3 Å². The van der Waals surface area contributed by atoms with E-state index in [-0.39, 0.29) is 12.0 Å². The molecule has 1 aliphatic rings. The molecule has 0 spiro atoms. The van der Waals surface area contributed by atoms with Gasteiger partial charge in [0.25, 0.3) is 5.91 Å². The first-order valence-electron chi connectivity index (χ1n) is 6.10. The third-order valence-corrected chi connectivity index (χ3v) is 4.46. The zero-order valence-corrected chi connectivity index (χ0v) is 11.8. The Kier molecular flexibility index (Phi) is 4.31. The number of aryl methyl sites for hydroxylation is 1. The maximum absolute atomic E-state index is 12.0. The Bertz CT molecular complexity index is 429. The lowest BCUT2D eigenvalue weighted by Gasteiger charge is -2.26. The second-order valence-corrected chi connectivity index (χ2v) is 5.61. The summed E-state index contributed by atoms with van der Waals surface area (Å²) in [6.45, 7) is 6.52. The van der Waals surface area contributed by atoms with Gasteiger partial charge in [-0.25, -0.2) is 4.98 Å². The van der Waals surface area contributed by atoms with E-state index < -0.39 is 0 Å². The molecule has 1 saturated heterocycles. The number of hydrogen-bond donors (Lipinski definition) is 2. The van der Waals surface area contributed by atoms with Crippen LogP contribution >= 0.6 is 11.3 Å². The number of carbonyl (C=O) groups is 1. The Hall–Kier alpha value is -0.980. The van der Waals surface area contributed by atoms with Crippen molar-refractivity contribution in [3.05, 3.63) is 15.6 Å². The second-order valence-electron chi connectivity index (χ2n) is 4.58. The number of ether oxygens (including phenoxy) is 1. The average Bonchev–Trinajstić information content (AvgIpc) is 2.68. The van der Waals surface area contributed by atoms with Crippen LogP contribution in [0.2, 0.25) is 0 Å². The van der Waals surface area contributed by atoms with Crippen LogP contribution in [0.4, 0.5) is 0 Å². The van der Waals surface area contributed by atoms with Gasteiger partial charge in [-0.15, -0.1) is 11.3 Å². The number of hydrogen-bond acceptors (Lipinski definition) is 5. The van der Waals surface area contributed by atoms with Crippen LogP contribution < -0.4 is 10.6 Å². The summed E-state index contributed by atoms with van der Waals surface area (Å²) in [5.41, 5.74) is 0.781. The van der Waals surface area contributed by atoms with Crippen LogP contribution in [0.15, 0.2) is 0 Å². The molecule has 100 valence electrons. The van der Waals surface area contributed by atoms with Crippen LogP contribution in [0.25, 0.3) is 0 Å². The van der Waals surface area contributed by atoms with E-state index in [0.717, 1.165) is 30.3 Å². The smallest absolute Gasteiger partial charge is 0.263 e. The first kappa shape index (κ1) is 13.5. The van der Waals surface area contributed by atoms with Crippen LogP contribution in [0.5, 0.6) is 0 Å². The molecule has 2 rings (SSSR count). The number of amides is 1. The minimum Gasteiger partial charge on any atom is -0.375 e. The minimum atomic E-state index is -0.0638. The molecule has 2 heterocycles. The van der Waals surface area contributed by atoms with E-state index in [4.69, 9.17) is 4.74 Å².